The van der Waals surface area contributed by atoms with E-state index >= 15 is 0 Å². The summed E-state index contributed by atoms with van der Waals surface area (Å²) in [6.07, 6.45) is 0. The molecular formula is C15H12N2O3. The van der Waals surface area contributed by atoms with E-state index in [-0.39, 0.29) is 6.61 Å². The summed E-state index contributed by atoms with van der Waals surface area (Å²) in [7, 11) is 0. The van der Waals surface area contributed by atoms with Gasteiger partial charge in [-0.25, -0.2) is 0 Å². The number of ether oxygens (including phenoxy) is 1. The SMILES string of the molecule is [O-][n+]1onc(COc2ccccc2)c1-c1ccccc1. The van der Waals surface area contributed by atoms with Crippen LogP contribution < -0.4 is 9.64 Å². The standard InChI is InChI=1S/C15H12N2O3/c18-17-15(12-7-3-1-4-8-12)14(16-20-17)11-19-13-9-5-2-6-10-13/h1-10H,11H2. The normalized spacial score (nSPS) is 10.4. The van der Waals surface area contributed by atoms with Crippen molar-refractivity contribution in [3.05, 3.63) is 71.6 Å². The van der Waals surface area contributed by atoms with Crippen LogP contribution in [0.4, 0.5) is 0 Å². The van der Waals surface area contributed by atoms with Gasteiger partial charge >= 0.3 is 0 Å². The minimum atomic E-state index is 0.174. The molecule has 1 heterocycles. The lowest BCUT2D eigenvalue weighted by molar-refractivity contribution is -0.793. The van der Waals surface area contributed by atoms with Gasteiger partial charge in [-0.1, -0.05) is 48.5 Å². The number of hydrogen-bond donors (Lipinski definition) is 0. The topological polar surface area (TPSA) is 62.2 Å². The summed E-state index contributed by atoms with van der Waals surface area (Å²) in [5.74, 6) is 0.715. The second-order valence-corrected chi connectivity index (χ2v) is 4.19. The molecular weight excluding hydrogens is 256 g/mol. The molecule has 5 nitrogen and oxygen atoms in total. The Bertz CT molecular complexity index is 681. The lowest BCUT2D eigenvalue weighted by Gasteiger charge is -2.02. The Morgan fingerprint density at radius 1 is 1.00 bits per heavy atom. The molecule has 5 heteroatoms. The van der Waals surface area contributed by atoms with Gasteiger partial charge in [-0.05, 0) is 17.0 Å². The van der Waals surface area contributed by atoms with Gasteiger partial charge in [0.1, 0.15) is 5.75 Å². The third-order valence-electron chi connectivity index (χ3n) is 2.85. The Balaban J connectivity index is 1.85. The summed E-state index contributed by atoms with van der Waals surface area (Å²) in [5, 5.41) is 15.4. The monoisotopic (exact) mass is 268 g/mol. The highest BCUT2D eigenvalue weighted by atomic mass is 16.8. The quantitative estimate of drug-likeness (QED) is 0.682. The first kappa shape index (κ1) is 12.2. The van der Waals surface area contributed by atoms with Crippen molar-refractivity contribution in [2.24, 2.45) is 0 Å². The maximum atomic E-state index is 11.7. The van der Waals surface area contributed by atoms with Gasteiger partial charge in [-0.3, -0.25) is 4.63 Å². The number of nitrogens with zero attached hydrogens (tertiary/aromatic N) is 2. The van der Waals surface area contributed by atoms with Crippen LogP contribution in [0.5, 0.6) is 5.75 Å². The smallest absolute Gasteiger partial charge is 0.263 e. The molecule has 2 aromatic carbocycles. The van der Waals surface area contributed by atoms with Crippen molar-refractivity contribution in [3.8, 4) is 17.0 Å². The molecule has 1 aromatic heterocycles. The molecule has 0 radical (unpaired) electrons. The molecule has 0 bridgehead atoms. The number of para-hydroxylation sites is 1. The van der Waals surface area contributed by atoms with Crippen molar-refractivity contribution < 1.29 is 14.3 Å². The highest BCUT2D eigenvalue weighted by Crippen LogP contribution is 2.20. The molecule has 0 fully saturated rings. The third kappa shape index (κ3) is 2.47. The van der Waals surface area contributed by atoms with E-state index < -0.39 is 0 Å². The molecule has 3 aromatic rings. The molecule has 0 aliphatic carbocycles. The molecule has 0 saturated carbocycles. The molecule has 0 N–H and O–H groups in total. The van der Waals surface area contributed by atoms with E-state index in [2.05, 4.69) is 9.79 Å². The van der Waals surface area contributed by atoms with Crippen molar-refractivity contribution in [1.29, 1.82) is 0 Å². The first-order valence-corrected chi connectivity index (χ1v) is 6.16. The number of rotatable bonds is 4. The average Bonchev–Trinajstić information content (AvgIpc) is 2.88. The molecule has 0 aliphatic rings. The van der Waals surface area contributed by atoms with Gasteiger partial charge < -0.3 is 9.94 Å². The second-order valence-electron chi connectivity index (χ2n) is 4.19. The fourth-order valence-electron chi connectivity index (χ4n) is 1.91. The largest absolute Gasteiger partial charge is 0.485 e. The van der Waals surface area contributed by atoms with Gasteiger partial charge in [-0.15, -0.1) is 0 Å². The van der Waals surface area contributed by atoms with Gasteiger partial charge in [0.2, 0.25) is 5.69 Å². The first-order valence-electron chi connectivity index (χ1n) is 6.16. The first-order chi connectivity index (χ1) is 9.84. The van der Waals surface area contributed by atoms with E-state index in [4.69, 9.17) is 4.74 Å². The van der Waals surface area contributed by atoms with E-state index in [1.807, 2.05) is 60.7 Å². The third-order valence-corrected chi connectivity index (χ3v) is 2.85. The van der Waals surface area contributed by atoms with Gasteiger partial charge in [0.05, 0.1) is 0 Å². The van der Waals surface area contributed by atoms with Crippen LogP contribution in [0.2, 0.25) is 0 Å². The van der Waals surface area contributed by atoms with Gasteiger partial charge in [-0.2, -0.15) is 0 Å². The molecule has 20 heavy (non-hydrogen) atoms. The Morgan fingerprint density at radius 2 is 1.65 bits per heavy atom. The molecule has 0 saturated heterocycles. The highest BCUT2D eigenvalue weighted by molar-refractivity contribution is 5.57. The van der Waals surface area contributed by atoms with Gasteiger partial charge in [0, 0.05) is 10.7 Å². The lowest BCUT2D eigenvalue weighted by Crippen LogP contribution is -2.25. The Morgan fingerprint density at radius 3 is 2.35 bits per heavy atom. The summed E-state index contributed by atoms with van der Waals surface area (Å²) in [6, 6.07) is 18.6. The highest BCUT2D eigenvalue weighted by Gasteiger charge is 2.21. The number of benzene rings is 2. The minimum Gasteiger partial charge on any atom is -0.485 e. The Labute approximate surface area is 115 Å². The summed E-state index contributed by atoms with van der Waals surface area (Å²) < 4.78 is 10.3. The Kier molecular flexibility index (Phi) is 3.33. The predicted molar refractivity (Wildman–Crippen MR) is 71.7 cm³/mol. The van der Waals surface area contributed by atoms with E-state index in [9.17, 15) is 5.21 Å². The van der Waals surface area contributed by atoms with Crippen molar-refractivity contribution >= 4 is 0 Å². The Hall–Kier alpha value is -2.82. The molecule has 0 aliphatic heterocycles. The van der Waals surface area contributed by atoms with Crippen molar-refractivity contribution in [1.82, 2.24) is 5.16 Å². The molecule has 0 unspecified atom stereocenters. The van der Waals surface area contributed by atoms with E-state index in [1.165, 1.54) is 0 Å². The van der Waals surface area contributed by atoms with E-state index in [0.717, 1.165) is 5.56 Å². The zero-order chi connectivity index (χ0) is 13.8. The lowest BCUT2D eigenvalue weighted by atomic mass is 10.1. The van der Waals surface area contributed by atoms with Crippen LogP contribution in [0.1, 0.15) is 5.69 Å². The molecule has 0 amide bonds. The fraction of sp³-hybridized carbons (Fsp3) is 0.0667. The van der Waals surface area contributed by atoms with Crippen molar-refractivity contribution in [3.63, 3.8) is 0 Å². The average molecular weight is 268 g/mol. The molecule has 3 rings (SSSR count). The van der Waals surface area contributed by atoms with Crippen LogP contribution in [-0.4, -0.2) is 5.16 Å². The van der Waals surface area contributed by atoms with E-state index in [1.54, 1.807) is 0 Å². The maximum absolute atomic E-state index is 11.7. The van der Waals surface area contributed by atoms with Crippen LogP contribution in [0.15, 0.2) is 65.3 Å². The zero-order valence-corrected chi connectivity index (χ0v) is 10.6. The molecule has 0 atom stereocenters. The summed E-state index contributed by atoms with van der Waals surface area (Å²) in [5.41, 5.74) is 1.59. The fourth-order valence-corrected chi connectivity index (χ4v) is 1.91. The predicted octanol–water partition coefficient (Wildman–Crippen LogP) is 2.55. The van der Waals surface area contributed by atoms with Crippen molar-refractivity contribution in [2.45, 2.75) is 6.61 Å². The van der Waals surface area contributed by atoms with Crippen molar-refractivity contribution in [2.75, 3.05) is 0 Å². The second kappa shape index (κ2) is 5.44. The molecule has 100 valence electrons. The van der Waals surface area contributed by atoms with Crippen LogP contribution in [0, 0.1) is 5.21 Å². The molecule has 0 spiro atoms. The number of aromatic nitrogens is 2. The van der Waals surface area contributed by atoms with E-state index in [0.29, 0.717) is 22.0 Å². The maximum Gasteiger partial charge on any atom is 0.263 e. The van der Waals surface area contributed by atoms with Crippen LogP contribution in [-0.2, 0) is 6.61 Å². The zero-order valence-electron chi connectivity index (χ0n) is 10.6. The number of hydrogen-bond acceptors (Lipinski definition) is 4. The van der Waals surface area contributed by atoms with Gasteiger partial charge in [0.25, 0.3) is 5.69 Å². The van der Waals surface area contributed by atoms with Crippen LogP contribution >= 0.6 is 0 Å². The van der Waals surface area contributed by atoms with Crippen LogP contribution in [0.3, 0.4) is 0 Å². The summed E-state index contributed by atoms with van der Waals surface area (Å²) in [6.45, 7) is 0.174. The van der Waals surface area contributed by atoms with Gasteiger partial charge in [0.15, 0.2) is 6.61 Å². The van der Waals surface area contributed by atoms with Crippen LogP contribution in [0.25, 0.3) is 11.3 Å². The minimum absolute atomic E-state index is 0.174. The summed E-state index contributed by atoms with van der Waals surface area (Å²) >= 11 is 0. The summed E-state index contributed by atoms with van der Waals surface area (Å²) in [4.78, 5) is 0.402.